The molecule has 0 spiro atoms. The zero-order chi connectivity index (χ0) is 29.4. The van der Waals surface area contributed by atoms with E-state index in [-0.39, 0.29) is 30.4 Å². The molecule has 2 aromatic carbocycles. The second kappa shape index (κ2) is 11.4. The maximum Gasteiger partial charge on any atom is 0.319 e. The summed E-state index contributed by atoms with van der Waals surface area (Å²) in [6.07, 6.45) is -2.19. The summed E-state index contributed by atoms with van der Waals surface area (Å²) in [7, 11) is -4.02. The Morgan fingerprint density at radius 1 is 1.15 bits per heavy atom. The van der Waals surface area contributed by atoms with Gasteiger partial charge in [0.2, 0.25) is 0 Å². The van der Waals surface area contributed by atoms with Crippen LogP contribution in [0.25, 0.3) is 11.4 Å². The van der Waals surface area contributed by atoms with E-state index in [4.69, 9.17) is 9.72 Å². The van der Waals surface area contributed by atoms with E-state index in [1.54, 1.807) is 30.3 Å². The second-order valence-electron chi connectivity index (χ2n) is 9.95. The van der Waals surface area contributed by atoms with Gasteiger partial charge >= 0.3 is 6.03 Å². The summed E-state index contributed by atoms with van der Waals surface area (Å²) in [5.74, 6) is -1.38. The van der Waals surface area contributed by atoms with Gasteiger partial charge in [0.15, 0.2) is 5.82 Å². The van der Waals surface area contributed by atoms with Crippen molar-refractivity contribution in [3.63, 3.8) is 0 Å². The van der Waals surface area contributed by atoms with Gasteiger partial charge in [0.1, 0.15) is 27.1 Å². The molecule has 2 fully saturated rings. The topological polar surface area (TPSA) is 120 Å². The van der Waals surface area contributed by atoms with Crippen LogP contribution in [0.4, 0.5) is 33.9 Å². The molecule has 1 aliphatic carbocycles. The van der Waals surface area contributed by atoms with Crippen molar-refractivity contribution in [3.05, 3.63) is 65.9 Å². The van der Waals surface area contributed by atoms with E-state index >= 15 is 0 Å². The minimum absolute atomic E-state index is 0.0581. The first-order chi connectivity index (χ1) is 19.5. The van der Waals surface area contributed by atoms with E-state index in [1.807, 2.05) is 11.8 Å². The van der Waals surface area contributed by atoms with E-state index in [0.717, 1.165) is 18.2 Å². The molecular formula is C27H29F4N5O4S. The molecular weight excluding hydrogens is 566 g/mol. The number of nitrogens with one attached hydrogen (secondary N) is 2. The predicted molar refractivity (Wildman–Crippen MR) is 147 cm³/mol. The van der Waals surface area contributed by atoms with Gasteiger partial charge in [-0.1, -0.05) is 6.07 Å². The highest BCUT2D eigenvalue weighted by atomic mass is 32.3. The average molecular weight is 596 g/mol. The lowest BCUT2D eigenvalue weighted by atomic mass is 10.1. The molecule has 0 radical (unpaired) electrons. The van der Waals surface area contributed by atoms with Gasteiger partial charge in [0.25, 0.3) is 6.43 Å². The quantitative estimate of drug-likeness (QED) is 0.242. The summed E-state index contributed by atoms with van der Waals surface area (Å²) in [5, 5.41) is 4.51. The van der Waals surface area contributed by atoms with Crippen LogP contribution < -0.4 is 15.5 Å². The fourth-order valence-corrected chi connectivity index (χ4v) is 6.95. The Morgan fingerprint density at radius 3 is 2.44 bits per heavy atom. The second-order valence-corrected chi connectivity index (χ2v) is 12.2. The van der Waals surface area contributed by atoms with Crippen LogP contribution in [0, 0.1) is 11.6 Å². The van der Waals surface area contributed by atoms with Gasteiger partial charge in [-0.2, -0.15) is 10.6 Å². The normalized spacial score (nSPS) is 18.7. The first-order valence-corrected chi connectivity index (χ1v) is 14.5. The molecule has 1 aromatic heterocycles. The average Bonchev–Trinajstić information content (AvgIpc) is 3.75. The highest BCUT2D eigenvalue weighted by molar-refractivity contribution is 8.25. The van der Waals surface area contributed by atoms with Crippen molar-refractivity contribution in [2.45, 2.75) is 41.9 Å². The maximum absolute atomic E-state index is 14.7. The molecule has 1 saturated carbocycles. The Balaban J connectivity index is 1.53. The van der Waals surface area contributed by atoms with Crippen LogP contribution in [-0.4, -0.2) is 63.9 Å². The lowest BCUT2D eigenvalue weighted by molar-refractivity contribution is 0.0985. The number of morpholine rings is 1. The maximum atomic E-state index is 14.7. The molecule has 41 heavy (non-hydrogen) atoms. The fraction of sp³-hybridized carbons (Fsp3) is 0.370. The van der Waals surface area contributed by atoms with Crippen molar-refractivity contribution in [1.29, 1.82) is 0 Å². The number of carbonyl (C=O) groups is 1. The molecule has 2 aliphatic rings. The zero-order valence-corrected chi connectivity index (χ0v) is 22.8. The lowest BCUT2D eigenvalue weighted by Crippen LogP contribution is -2.44. The number of urea groups is 1. The molecule has 2 heterocycles. The van der Waals surface area contributed by atoms with Crippen molar-refractivity contribution in [2.24, 2.45) is 0 Å². The van der Waals surface area contributed by atoms with Crippen LogP contribution in [0.2, 0.25) is 0 Å². The summed E-state index contributed by atoms with van der Waals surface area (Å²) in [6.45, 7) is 2.58. The Bertz CT molecular complexity index is 1410. The van der Waals surface area contributed by atoms with Gasteiger partial charge in [-0.3, -0.25) is 9.11 Å². The molecule has 0 unspecified atom stereocenters. The Hall–Kier alpha value is -3.46. The molecule has 14 heteroatoms. The van der Waals surface area contributed by atoms with Crippen molar-refractivity contribution in [1.82, 2.24) is 15.3 Å². The van der Waals surface area contributed by atoms with E-state index < -0.39 is 50.9 Å². The van der Waals surface area contributed by atoms with Crippen molar-refractivity contribution in [2.75, 3.05) is 36.5 Å². The number of ether oxygens (including phenoxy) is 1. The van der Waals surface area contributed by atoms with Crippen molar-refractivity contribution >= 4 is 28.1 Å². The number of halogens is 4. The van der Waals surface area contributed by atoms with Crippen molar-refractivity contribution in [3.8, 4) is 11.4 Å². The number of amides is 2. The van der Waals surface area contributed by atoms with Crippen LogP contribution in [0.1, 0.15) is 25.5 Å². The van der Waals surface area contributed by atoms with Crippen LogP contribution in [0.5, 0.6) is 0 Å². The third-order valence-electron chi connectivity index (χ3n) is 7.11. The number of alkyl halides is 2. The molecule has 9 nitrogen and oxygen atoms in total. The number of anilines is 2. The molecule has 1 aliphatic heterocycles. The van der Waals surface area contributed by atoms with Gasteiger partial charge < -0.3 is 20.3 Å². The van der Waals surface area contributed by atoms with Gasteiger partial charge in [0, 0.05) is 23.9 Å². The van der Waals surface area contributed by atoms with E-state index in [2.05, 4.69) is 15.6 Å². The zero-order valence-electron chi connectivity index (χ0n) is 22.0. The van der Waals surface area contributed by atoms with E-state index in [1.165, 1.54) is 0 Å². The summed E-state index contributed by atoms with van der Waals surface area (Å²) in [5.41, 5.74) is 1.09. The molecule has 0 bridgehead atoms. The first kappa shape index (κ1) is 29.0. The summed E-state index contributed by atoms with van der Waals surface area (Å²) >= 11 is 0. The first-order valence-electron chi connectivity index (χ1n) is 12.9. The summed E-state index contributed by atoms with van der Waals surface area (Å²) in [6, 6.07) is 10.2. The van der Waals surface area contributed by atoms with E-state index in [9.17, 15) is 31.5 Å². The number of aromatic nitrogens is 2. The largest absolute Gasteiger partial charge is 0.377 e. The smallest absolute Gasteiger partial charge is 0.319 e. The molecule has 2 amide bonds. The molecule has 3 aromatic rings. The Labute approximate surface area is 235 Å². The van der Waals surface area contributed by atoms with Crippen LogP contribution in [-0.2, 0) is 9.48 Å². The number of rotatable bonds is 8. The minimum atomic E-state index is -4.02. The number of benzene rings is 2. The molecule has 5 rings (SSSR count). The number of nitrogens with zero attached hydrogens (tertiary/aromatic N) is 3. The van der Waals surface area contributed by atoms with E-state index in [0.29, 0.717) is 36.8 Å². The highest BCUT2D eigenvalue weighted by Gasteiger charge is 2.59. The highest BCUT2D eigenvalue weighted by Crippen LogP contribution is 2.75. The number of hydrogen-bond donors (Lipinski definition) is 4. The van der Waals surface area contributed by atoms with Crippen LogP contribution >= 0.6 is 10.6 Å². The predicted octanol–water partition coefficient (Wildman–Crippen LogP) is 5.83. The SMILES string of the molecule is C[C@H]1COCCN1c1cc(C2(S(O)(O)c3c(F)cccc3F)CC2)nc(-c2ccc(NC(=O)NCC(F)F)cc2)n1. The molecule has 1 atom stereocenters. The van der Waals surface area contributed by atoms with Crippen LogP contribution in [0.3, 0.4) is 0 Å². The monoisotopic (exact) mass is 595 g/mol. The summed E-state index contributed by atoms with van der Waals surface area (Å²) < 4.78 is 81.1. The number of carbonyl (C=O) groups excluding carboxylic acids is 1. The van der Waals surface area contributed by atoms with Gasteiger partial charge in [-0.05, 0) is 56.2 Å². The lowest BCUT2D eigenvalue weighted by Gasteiger charge is -2.41. The van der Waals surface area contributed by atoms with Crippen LogP contribution in [0.15, 0.2) is 53.4 Å². The fourth-order valence-electron chi connectivity index (χ4n) is 4.81. The third-order valence-corrected chi connectivity index (χ3v) is 9.78. The van der Waals surface area contributed by atoms with Gasteiger partial charge in [0.05, 0.1) is 31.5 Å². The Morgan fingerprint density at radius 2 is 1.83 bits per heavy atom. The standard InChI is InChI=1S/C27H29F4N5O4S/c1-16-15-40-12-11-36(16)23-13-21(27(9-10-27)41(38,39)24-19(28)3-2-4-20(24)29)34-25(35-23)17-5-7-18(8-6-17)33-26(37)32-14-22(30)31/h2-8,13,16,22,38-39H,9-12,14-15H2,1H3,(H2,32,33,37)/t16-/m0/s1. The Kier molecular flexibility index (Phi) is 8.10. The number of hydrogen-bond acceptors (Lipinski definition) is 7. The minimum Gasteiger partial charge on any atom is -0.377 e. The van der Waals surface area contributed by atoms with Gasteiger partial charge in [-0.15, -0.1) is 0 Å². The molecule has 1 saturated heterocycles. The van der Waals surface area contributed by atoms with Crippen molar-refractivity contribution < 1.29 is 36.2 Å². The third kappa shape index (κ3) is 5.82. The van der Waals surface area contributed by atoms with Gasteiger partial charge in [-0.25, -0.2) is 32.3 Å². The summed E-state index contributed by atoms with van der Waals surface area (Å²) in [4.78, 5) is 22.5. The molecule has 4 N–H and O–H groups in total. The molecule has 220 valence electrons.